The topological polar surface area (TPSA) is 192 Å². The molecule has 15 nitrogen and oxygen atoms in total. The molecule has 0 radical (unpaired) electrons. The standard InChI is InChI=1S/C40H47FN6O9S/c41-29-9-6-7-22-19-45(21-28(22)29)39(53)56-26-17-31-36(50)43-40(38(52)44-57(54,55)27-15-16-27)18-23(40)8-4-2-1-3-5-10-30(37(51)46(31)20-26)42-32-33(35(49)34(32)48)47-24-11-12-25(47)14-13-24/h4,6-9,23-27,30-31,42H,1-3,5,10-21H2,(H,43,50)(H,44,52)/b8-4-/t23-,24?,25?,26-,30+,31+,40-/m1/s1. The van der Waals surface area contributed by atoms with Gasteiger partial charge in [0.25, 0.3) is 16.8 Å². The van der Waals surface area contributed by atoms with Gasteiger partial charge in [0.15, 0.2) is 0 Å². The minimum Gasteiger partial charge on any atom is -0.444 e. The highest BCUT2D eigenvalue weighted by atomic mass is 32.2. The molecule has 5 atom stereocenters. The van der Waals surface area contributed by atoms with Gasteiger partial charge in [-0.15, -0.1) is 0 Å². The smallest absolute Gasteiger partial charge is 0.410 e. The van der Waals surface area contributed by atoms with E-state index < -0.39 is 85.4 Å². The third-order valence-corrected chi connectivity index (χ3v) is 15.0. The SMILES string of the molecule is O=C1N[C@]2(C(=O)NS(=O)(=O)C3CC3)C[C@H]2/C=C\CCCCC[C@H](Nc2c(N3C4CCC3CC4)c(=O)c2=O)C(=O)N2C[C@H](OC(=O)N3Cc4cccc(F)c4C3)C[C@@H]12. The maximum absolute atomic E-state index is 14.8. The number of hydrogen-bond donors (Lipinski definition) is 3. The molecule has 17 heteroatoms. The molecule has 3 saturated heterocycles. The maximum Gasteiger partial charge on any atom is 0.410 e. The Morgan fingerprint density at radius 2 is 1.68 bits per heavy atom. The molecular formula is C40H47FN6O9S. The second kappa shape index (κ2) is 14.2. The number of ether oxygens (including phenoxy) is 1. The summed E-state index contributed by atoms with van der Waals surface area (Å²) < 4.78 is 48.3. The molecule has 9 rings (SSSR count). The van der Waals surface area contributed by atoms with Crippen molar-refractivity contribution in [2.45, 2.75) is 138 Å². The van der Waals surface area contributed by atoms with Gasteiger partial charge in [0.2, 0.25) is 21.8 Å². The number of allylic oxidation sites excluding steroid dienone is 1. The van der Waals surface area contributed by atoms with Crippen molar-refractivity contribution < 1.29 is 36.7 Å². The molecule has 304 valence electrons. The zero-order valence-corrected chi connectivity index (χ0v) is 32.4. The summed E-state index contributed by atoms with van der Waals surface area (Å²) in [5, 5.41) is 5.30. The van der Waals surface area contributed by atoms with Gasteiger partial charge in [-0.05, 0) is 75.8 Å². The Balaban J connectivity index is 1.00. The molecule has 4 amide bonds. The van der Waals surface area contributed by atoms with Crippen molar-refractivity contribution in [1.82, 2.24) is 19.8 Å². The molecule has 0 unspecified atom stereocenters. The average Bonchev–Trinajstić information content (AvgIpc) is 3.94. The number of sulfonamides is 1. The Morgan fingerprint density at radius 3 is 2.40 bits per heavy atom. The molecule has 3 N–H and O–H groups in total. The second-order valence-electron chi connectivity index (χ2n) is 16.9. The average molecular weight is 807 g/mol. The highest BCUT2D eigenvalue weighted by Crippen LogP contribution is 2.46. The van der Waals surface area contributed by atoms with Gasteiger partial charge in [-0.2, -0.15) is 0 Å². The van der Waals surface area contributed by atoms with Gasteiger partial charge in [-0.3, -0.25) is 33.6 Å². The lowest BCUT2D eigenvalue weighted by Crippen LogP contribution is -2.58. The largest absolute Gasteiger partial charge is 0.444 e. The zero-order chi connectivity index (χ0) is 39.8. The first kappa shape index (κ1) is 37.8. The fraction of sp³-hybridized carbons (Fsp3) is 0.600. The predicted molar refractivity (Wildman–Crippen MR) is 205 cm³/mol. The molecule has 0 aromatic heterocycles. The summed E-state index contributed by atoms with van der Waals surface area (Å²) >= 11 is 0. The lowest BCUT2D eigenvalue weighted by Gasteiger charge is -2.32. The number of nitrogens with one attached hydrogen (secondary N) is 3. The first-order valence-electron chi connectivity index (χ1n) is 20.3. The quantitative estimate of drug-likeness (QED) is 0.275. The Hall–Kier alpha value is -4.80. The number of nitrogens with zero attached hydrogens (tertiary/aromatic N) is 3. The van der Waals surface area contributed by atoms with Gasteiger partial charge < -0.3 is 25.2 Å². The van der Waals surface area contributed by atoms with E-state index in [1.165, 1.54) is 15.9 Å². The normalized spacial score (nSPS) is 31.8. The van der Waals surface area contributed by atoms with Gasteiger partial charge >= 0.3 is 6.09 Å². The molecule has 2 aromatic carbocycles. The van der Waals surface area contributed by atoms with Gasteiger partial charge in [0, 0.05) is 36.5 Å². The summed E-state index contributed by atoms with van der Waals surface area (Å²) in [7, 11) is -3.94. The molecule has 7 aliphatic rings. The molecule has 0 spiro atoms. The molecule has 2 bridgehead atoms. The molecular weight excluding hydrogens is 760 g/mol. The number of rotatable bonds is 7. The Labute approximate surface area is 329 Å². The van der Waals surface area contributed by atoms with Crippen LogP contribution in [0.3, 0.4) is 0 Å². The second-order valence-corrected chi connectivity index (χ2v) is 18.9. The highest BCUT2D eigenvalue weighted by Gasteiger charge is 2.62. The maximum atomic E-state index is 14.8. The van der Waals surface area contributed by atoms with Crippen LogP contribution in [0.4, 0.5) is 20.6 Å². The number of amides is 4. The van der Waals surface area contributed by atoms with Crippen molar-refractivity contribution in [3.05, 3.63) is 67.7 Å². The number of halogens is 1. The van der Waals surface area contributed by atoms with Crippen molar-refractivity contribution in [3.8, 4) is 0 Å². The molecule has 5 heterocycles. The van der Waals surface area contributed by atoms with Crippen LogP contribution in [0.2, 0.25) is 0 Å². The van der Waals surface area contributed by atoms with E-state index in [-0.39, 0.29) is 56.7 Å². The van der Waals surface area contributed by atoms with Crippen molar-refractivity contribution >= 4 is 45.2 Å². The molecule has 2 aliphatic carbocycles. The third-order valence-electron chi connectivity index (χ3n) is 13.2. The zero-order valence-electron chi connectivity index (χ0n) is 31.5. The van der Waals surface area contributed by atoms with E-state index in [1.54, 1.807) is 12.1 Å². The Kier molecular flexibility index (Phi) is 9.43. The molecule has 2 aromatic rings. The number of carbonyl (C=O) groups is 4. The summed E-state index contributed by atoms with van der Waals surface area (Å²) in [4.78, 5) is 87.3. The third kappa shape index (κ3) is 6.78. The van der Waals surface area contributed by atoms with Crippen LogP contribution in [0, 0.1) is 11.7 Å². The van der Waals surface area contributed by atoms with Gasteiger partial charge in [0.1, 0.15) is 40.9 Å². The predicted octanol–water partition coefficient (Wildman–Crippen LogP) is 2.46. The van der Waals surface area contributed by atoms with Crippen LogP contribution in [-0.4, -0.2) is 89.6 Å². The lowest BCUT2D eigenvalue weighted by molar-refractivity contribution is -0.140. The summed E-state index contributed by atoms with van der Waals surface area (Å²) in [5.74, 6) is -3.02. The Bertz CT molecular complexity index is 2220. The molecule has 57 heavy (non-hydrogen) atoms. The van der Waals surface area contributed by atoms with E-state index in [2.05, 4.69) is 15.4 Å². The first-order chi connectivity index (χ1) is 27.3. The highest BCUT2D eigenvalue weighted by molar-refractivity contribution is 7.91. The fourth-order valence-electron chi connectivity index (χ4n) is 9.79. The number of hydrogen-bond acceptors (Lipinski definition) is 11. The van der Waals surface area contributed by atoms with E-state index in [9.17, 15) is 41.6 Å². The van der Waals surface area contributed by atoms with Crippen LogP contribution < -0.4 is 31.1 Å². The molecule has 2 saturated carbocycles. The monoisotopic (exact) mass is 806 g/mol. The Morgan fingerprint density at radius 1 is 0.930 bits per heavy atom. The summed E-state index contributed by atoms with van der Waals surface area (Å²) in [6.07, 6.45) is 9.64. The number of carbonyl (C=O) groups excluding carboxylic acids is 4. The van der Waals surface area contributed by atoms with E-state index >= 15 is 0 Å². The first-order valence-corrected chi connectivity index (χ1v) is 21.8. The number of anilines is 2. The lowest BCUT2D eigenvalue weighted by atomic mass is 10.0. The van der Waals surface area contributed by atoms with Crippen LogP contribution in [0.5, 0.6) is 0 Å². The van der Waals surface area contributed by atoms with Crippen LogP contribution in [0.25, 0.3) is 0 Å². The van der Waals surface area contributed by atoms with Crippen molar-refractivity contribution in [3.63, 3.8) is 0 Å². The number of fused-ring (bicyclic) bond motifs is 5. The van der Waals surface area contributed by atoms with E-state index in [4.69, 9.17) is 4.74 Å². The van der Waals surface area contributed by atoms with Crippen molar-refractivity contribution in [2.24, 2.45) is 5.92 Å². The van der Waals surface area contributed by atoms with E-state index in [0.717, 1.165) is 38.5 Å². The van der Waals surface area contributed by atoms with Crippen LogP contribution in [0.15, 0.2) is 39.9 Å². The fourth-order valence-corrected chi connectivity index (χ4v) is 11.2. The van der Waals surface area contributed by atoms with Crippen molar-refractivity contribution in [1.29, 1.82) is 0 Å². The van der Waals surface area contributed by atoms with Crippen LogP contribution in [0.1, 0.15) is 94.6 Å². The number of benzene rings is 1. The van der Waals surface area contributed by atoms with E-state index in [0.29, 0.717) is 42.5 Å². The minimum absolute atomic E-state index is 0.00859. The molecule has 5 aliphatic heterocycles. The van der Waals surface area contributed by atoms with Gasteiger partial charge in [-0.1, -0.05) is 37.1 Å². The minimum atomic E-state index is -3.94. The van der Waals surface area contributed by atoms with Crippen molar-refractivity contribution in [2.75, 3.05) is 16.8 Å². The van der Waals surface area contributed by atoms with E-state index in [1.807, 2.05) is 17.1 Å². The van der Waals surface area contributed by atoms with Crippen LogP contribution >= 0.6 is 0 Å². The molecule has 5 fully saturated rings. The summed E-state index contributed by atoms with van der Waals surface area (Å²) in [5.41, 5.74) is -1.38. The van der Waals surface area contributed by atoms with Gasteiger partial charge in [0.05, 0.1) is 18.3 Å². The van der Waals surface area contributed by atoms with Gasteiger partial charge in [-0.25, -0.2) is 17.6 Å². The van der Waals surface area contributed by atoms with Crippen LogP contribution in [-0.2, 0) is 42.2 Å². The summed E-state index contributed by atoms with van der Waals surface area (Å²) in [6.45, 7) is -0.0780. The summed E-state index contributed by atoms with van der Waals surface area (Å²) in [6, 6.07) is 2.68.